The van der Waals surface area contributed by atoms with E-state index in [4.69, 9.17) is 23.2 Å². The van der Waals surface area contributed by atoms with Crippen LogP contribution in [-0.4, -0.2) is 14.8 Å². The Labute approximate surface area is 110 Å². The zero-order valence-electron chi connectivity index (χ0n) is 9.91. The Morgan fingerprint density at radius 3 is 2.53 bits per heavy atom. The Hall–Kier alpha value is -1.06. The molecule has 5 heteroatoms. The van der Waals surface area contributed by atoms with Crippen molar-refractivity contribution in [3.63, 3.8) is 0 Å². The molecule has 1 heterocycles. The largest absolute Gasteiger partial charge is 0.308 e. The minimum atomic E-state index is -0.107. The van der Waals surface area contributed by atoms with E-state index in [-0.39, 0.29) is 5.54 Å². The molecule has 0 aliphatic carbocycles. The van der Waals surface area contributed by atoms with Crippen LogP contribution in [0.5, 0.6) is 0 Å². The Kier molecular flexibility index (Phi) is 3.15. The van der Waals surface area contributed by atoms with E-state index in [1.165, 1.54) is 0 Å². The van der Waals surface area contributed by atoms with Crippen molar-refractivity contribution in [1.29, 1.82) is 0 Å². The number of aromatic nitrogens is 3. The molecule has 0 atom stereocenters. The van der Waals surface area contributed by atoms with Crippen molar-refractivity contribution in [1.82, 2.24) is 14.8 Å². The summed E-state index contributed by atoms with van der Waals surface area (Å²) in [6, 6.07) is 5.32. The number of hydrogen-bond donors (Lipinski definition) is 0. The van der Waals surface area contributed by atoms with E-state index >= 15 is 0 Å². The van der Waals surface area contributed by atoms with Crippen molar-refractivity contribution in [2.24, 2.45) is 0 Å². The van der Waals surface area contributed by atoms with Crippen LogP contribution in [0.25, 0.3) is 11.4 Å². The van der Waals surface area contributed by atoms with Crippen LogP contribution in [0.2, 0.25) is 10.0 Å². The van der Waals surface area contributed by atoms with E-state index in [1.54, 1.807) is 24.5 Å². The SMILES string of the molecule is CC(C)(C)n1cnnc1-c1cc(Cl)ccc1Cl. The zero-order valence-corrected chi connectivity index (χ0v) is 11.4. The van der Waals surface area contributed by atoms with Gasteiger partial charge in [-0.05, 0) is 39.0 Å². The van der Waals surface area contributed by atoms with E-state index in [9.17, 15) is 0 Å². The molecule has 0 amide bonds. The summed E-state index contributed by atoms with van der Waals surface area (Å²) >= 11 is 12.2. The summed E-state index contributed by atoms with van der Waals surface area (Å²) < 4.78 is 1.98. The van der Waals surface area contributed by atoms with E-state index < -0.39 is 0 Å². The molecule has 90 valence electrons. The van der Waals surface area contributed by atoms with Crippen LogP contribution in [0.15, 0.2) is 24.5 Å². The summed E-state index contributed by atoms with van der Waals surface area (Å²) in [6.07, 6.45) is 1.70. The first-order valence-corrected chi connectivity index (χ1v) is 6.01. The van der Waals surface area contributed by atoms with Gasteiger partial charge in [-0.2, -0.15) is 0 Å². The van der Waals surface area contributed by atoms with Gasteiger partial charge in [0, 0.05) is 16.1 Å². The molecular formula is C12H13Cl2N3. The summed E-state index contributed by atoms with van der Waals surface area (Å²) in [7, 11) is 0. The number of rotatable bonds is 1. The topological polar surface area (TPSA) is 30.7 Å². The second-order valence-electron chi connectivity index (χ2n) is 4.82. The number of nitrogens with zero attached hydrogens (tertiary/aromatic N) is 3. The molecule has 0 aliphatic heterocycles. The fraction of sp³-hybridized carbons (Fsp3) is 0.333. The summed E-state index contributed by atoms with van der Waals surface area (Å²) in [4.78, 5) is 0. The van der Waals surface area contributed by atoms with Crippen LogP contribution < -0.4 is 0 Å². The Balaban J connectivity index is 2.61. The van der Waals surface area contributed by atoms with E-state index in [0.29, 0.717) is 10.0 Å². The molecule has 0 unspecified atom stereocenters. The molecule has 0 saturated carbocycles. The first-order valence-electron chi connectivity index (χ1n) is 5.25. The van der Waals surface area contributed by atoms with Crippen LogP contribution >= 0.6 is 23.2 Å². The molecule has 17 heavy (non-hydrogen) atoms. The van der Waals surface area contributed by atoms with Crippen molar-refractivity contribution >= 4 is 23.2 Å². The third kappa shape index (κ3) is 2.45. The van der Waals surface area contributed by atoms with Crippen LogP contribution in [0, 0.1) is 0 Å². The summed E-state index contributed by atoms with van der Waals surface area (Å²) in [5.74, 6) is 0.727. The fourth-order valence-electron chi connectivity index (χ4n) is 1.58. The van der Waals surface area contributed by atoms with E-state index in [0.717, 1.165) is 11.4 Å². The zero-order chi connectivity index (χ0) is 12.6. The third-order valence-corrected chi connectivity index (χ3v) is 3.00. The average molecular weight is 270 g/mol. The monoisotopic (exact) mass is 269 g/mol. The van der Waals surface area contributed by atoms with Gasteiger partial charge in [0.05, 0.1) is 5.02 Å². The van der Waals surface area contributed by atoms with Gasteiger partial charge in [-0.25, -0.2) is 0 Å². The minimum Gasteiger partial charge on any atom is -0.308 e. The van der Waals surface area contributed by atoms with Crippen LogP contribution in [0.4, 0.5) is 0 Å². The highest BCUT2D eigenvalue weighted by Crippen LogP contribution is 2.31. The number of benzene rings is 1. The van der Waals surface area contributed by atoms with E-state index in [2.05, 4.69) is 31.0 Å². The van der Waals surface area contributed by atoms with E-state index in [1.807, 2.05) is 4.57 Å². The third-order valence-electron chi connectivity index (χ3n) is 2.44. The molecule has 0 radical (unpaired) electrons. The lowest BCUT2D eigenvalue weighted by atomic mass is 10.1. The molecule has 0 N–H and O–H groups in total. The number of halogens is 2. The Bertz CT molecular complexity index is 541. The normalized spacial score (nSPS) is 11.8. The molecule has 2 rings (SSSR count). The highest BCUT2D eigenvalue weighted by molar-refractivity contribution is 6.35. The molecule has 0 fully saturated rings. The fourth-order valence-corrected chi connectivity index (χ4v) is 1.95. The van der Waals surface area contributed by atoms with Gasteiger partial charge in [0.2, 0.25) is 0 Å². The molecule has 0 saturated heterocycles. The lowest BCUT2D eigenvalue weighted by molar-refractivity contribution is 0.400. The minimum absolute atomic E-state index is 0.107. The quantitative estimate of drug-likeness (QED) is 0.783. The standard InChI is InChI=1S/C12H13Cl2N3/c1-12(2,3)17-7-15-16-11(17)9-6-8(13)4-5-10(9)14/h4-7H,1-3H3. The Morgan fingerprint density at radius 1 is 1.18 bits per heavy atom. The molecule has 0 spiro atoms. The summed E-state index contributed by atoms with van der Waals surface area (Å²) in [6.45, 7) is 6.24. The van der Waals surface area contributed by atoms with Crippen molar-refractivity contribution in [2.45, 2.75) is 26.3 Å². The van der Waals surface area contributed by atoms with Crippen LogP contribution in [0.3, 0.4) is 0 Å². The Morgan fingerprint density at radius 2 is 1.88 bits per heavy atom. The predicted octanol–water partition coefficient (Wildman–Crippen LogP) is 4.01. The van der Waals surface area contributed by atoms with Crippen molar-refractivity contribution < 1.29 is 0 Å². The van der Waals surface area contributed by atoms with Gasteiger partial charge in [-0.15, -0.1) is 10.2 Å². The average Bonchev–Trinajstić information content (AvgIpc) is 2.69. The first-order chi connectivity index (χ1) is 7.89. The van der Waals surface area contributed by atoms with Crippen LogP contribution in [-0.2, 0) is 5.54 Å². The first kappa shape index (κ1) is 12.4. The predicted molar refractivity (Wildman–Crippen MR) is 70.5 cm³/mol. The molecule has 0 bridgehead atoms. The molecule has 0 aliphatic rings. The highest BCUT2D eigenvalue weighted by Gasteiger charge is 2.20. The smallest absolute Gasteiger partial charge is 0.165 e. The van der Waals surface area contributed by atoms with Gasteiger partial charge < -0.3 is 4.57 Å². The molecule has 2 aromatic rings. The molecule has 3 nitrogen and oxygen atoms in total. The van der Waals surface area contributed by atoms with Gasteiger partial charge in [-0.1, -0.05) is 23.2 Å². The summed E-state index contributed by atoms with van der Waals surface area (Å²) in [5.41, 5.74) is 0.691. The second kappa shape index (κ2) is 4.31. The lowest BCUT2D eigenvalue weighted by Gasteiger charge is -2.22. The highest BCUT2D eigenvalue weighted by atomic mass is 35.5. The maximum atomic E-state index is 6.17. The molecule has 1 aromatic carbocycles. The molecular weight excluding hydrogens is 257 g/mol. The van der Waals surface area contributed by atoms with Crippen molar-refractivity contribution in [2.75, 3.05) is 0 Å². The van der Waals surface area contributed by atoms with Gasteiger partial charge in [0.1, 0.15) is 6.33 Å². The van der Waals surface area contributed by atoms with Crippen molar-refractivity contribution in [3.05, 3.63) is 34.6 Å². The maximum absolute atomic E-state index is 6.17. The van der Waals surface area contributed by atoms with Gasteiger partial charge >= 0.3 is 0 Å². The lowest BCUT2D eigenvalue weighted by Crippen LogP contribution is -2.21. The summed E-state index contributed by atoms with van der Waals surface area (Å²) in [5, 5.41) is 9.32. The van der Waals surface area contributed by atoms with Gasteiger partial charge in [0.25, 0.3) is 0 Å². The van der Waals surface area contributed by atoms with Crippen LogP contribution in [0.1, 0.15) is 20.8 Å². The maximum Gasteiger partial charge on any atom is 0.165 e. The molecule has 1 aromatic heterocycles. The van der Waals surface area contributed by atoms with Gasteiger partial charge in [-0.3, -0.25) is 0 Å². The number of hydrogen-bond acceptors (Lipinski definition) is 2. The second-order valence-corrected chi connectivity index (χ2v) is 5.66. The van der Waals surface area contributed by atoms with Gasteiger partial charge in [0.15, 0.2) is 5.82 Å². The van der Waals surface area contributed by atoms with Crippen molar-refractivity contribution in [3.8, 4) is 11.4 Å².